The predicted molar refractivity (Wildman–Crippen MR) is 133 cm³/mol. The molecule has 4 atom stereocenters. The zero-order valence-corrected chi connectivity index (χ0v) is 20.4. The molecule has 182 valence electrons. The first-order chi connectivity index (χ1) is 17.0. The number of halogens is 1. The molecule has 2 bridgehead atoms. The number of nitrogens with zero attached hydrogens (tertiary/aromatic N) is 3. The zero-order valence-electron chi connectivity index (χ0n) is 19.7. The molecule has 2 aromatic carbocycles. The van der Waals surface area contributed by atoms with Crippen molar-refractivity contribution in [3.63, 3.8) is 0 Å². The average molecular weight is 494 g/mol. The number of piperazine rings is 1. The van der Waals surface area contributed by atoms with Gasteiger partial charge in [-0.3, -0.25) is 19.3 Å². The molecule has 0 N–H and O–H groups in total. The van der Waals surface area contributed by atoms with Crippen LogP contribution in [0, 0.1) is 23.7 Å². The van der Waals surface area contributed by atoms with E-state index in [1.165, 1.54) is 4.90 Å². The Balaban J connectivity index is 1.20. The Morgan fingerprint density at radius 3 is 2.26 bits per heavy atom. The van der Waals surface area contributed by atoms with Crippen molar-refractivity contribution in [2.75, 3.05) is 43.1 Å². The van der Waals surface area contributed by atoms with Crippen LogP contribution >= 0.6 is 11.6 Å². The first-order valence-electron chi connectivity index (χ1n) is 12.3. The van der Waals surface area contributed by atoms with Gasteiger partial charge in [-0.1, -0.05) is 23.7 Å². The van der Waals surface area contributed by atoms with Crippen molar-refractivity contribution in [2.45, 2.75) is 19.3 Å². The summed E-state index contributed by atoms with van der Waals surface area (Å²) in [4.78, 5) is 45.2. The molecule has 2 aliphatic carbocycles. The lowest BCUT2D eigenvalue weighted by Gasteiger charge is -2.36. The number of ether oxygens (including phenoxy) is 1. The molecule has 2 aromatic rings. The third-order valence-corrected chi connectivity index (χ3v) is 8.69. The monoisotopic (exact) mass is 493 g/mol. The summed E-state index contributed by atoms with van der Waals surface area (Å²) in [5, 5.41) is 0.324. The molecule has 3 amide bonds. The van der Waals surface area contributed by atoms with Crippen molar-refractivity contribution in [2.24, 2.45) is 23.7 Å². The molecular weight excluding hydrogens is 466 g/mol. The Morgan fingerprint density at radius 1 is 0.943 bits per heavy atom. The van der Waals surface area contributed by atoms with Gasteiger partial charge in [-0.05, 0) is 61.4 Å². The SMILES string of the molecule is COc1ccccc1N1CCN(C(=O)c2cc(N3C(=O)[C@@H]4[C@H]5CC[C@@H](C5)[C@@H]4C3=O)ccc2Cl)CC1. The number of para-hydroxylation sites is 2. The molecular formula is C27H28ClN3O4. The fraction of sp³-hybridized carbons (Fsp3) is 0.444. The highest BCUT2D eigenvalue weighted by Crippen LogP contribution is 2.56. The number of anilines is 2. The fourth-order valence-corrected chi connectivity index (χ4v) is 6.89. The van der Waals surface area contributed by atoms with E-state index in [2.05, 4.69) is 4.90 Å². The Kier molecular flexibility index (Phi) is 5.48. The van der Waals surface area contributed by atoms with Gasteiger partial charge in [0.2, 0.25) is 11.8 Å². The molecule has 7 nitrogen and oxygen atoms in total. The lowest BCUT2D eigenvalue weighted by atomic mass is 9.81. The summed E-state index contributed by atoms with van der Waals surface area (Å²) >= 11 is 6.44. The maximum Gasteiger partial charge on any atom is 0.255 e. The van der Waals surface area contributed by atoms with Crippen LogP contribution < -0.4 is 14.5 Å². The number of hydrogen-bond acceptors (Lipinski definition) is 5. The van der Waals surface area contributed by atoms with Crippen LogP contribution in [0.1, 0.15) is 29.6 Å². The van der Waals surface area contributed by atoms with E-state index in [1.807, 2.05) is 24.3 Å². The van der Waals surface area contributed by atoms with Crippen molar-refractivity contribution in [3.05, 3.63) is 53.1 Å². The van der Waals surface area contributed by atoms with E-state index in [9.17, 15) is 14.4 Å². The highest BCUT2D eigenvalue weighted by molar-refractivity contribution is 6.34. The largest absolute Gasteiger partial charge is 0.495 e. The van der Waals surface area contributed by atoms with Crippen molar-refractivity contribution >= 4 is 40.7 Å². The van der Waals surface area contributed by atoms with E-state index in [4.69, 9.17) is 16.3 Å². The lowest BCUT2D eigenvalue weighted by Crippen LogP contribution is -2.49. The molecule has 4 fully saturated rings. The minimum Gasteiger partial charge on any atom is -0.495 e. The molecule has 0 radical (unpaired) electrons. The number of hydrogen-bond donors (Lipinski definition) is 0. The summed E-state index contributed by atoms with van der Waals surface area (Å²) in [7, 11) is 1.65. The average Bonchev–Trinajstić information content (AvgIpc) is 3.58. The minimum atomic E-state index is -0.195. The number of amides is 3. The van der Waals surface area contributed by atoms with Gasteiger partial charge in [0.15, 0.2) is 0 Å². The van der Waals surface area contributed by atoms with Crippen molar-refractivity contribution in [1.82, 2.24) is 4.90 Å². The van der Waals surface area contributed by atoms with E-state index >= 15 is 0 Å². The number of methoxy groups -OCH3 is 1. The van der Waals surface area contributed by atoms with Crippen LogP contribution in [0.15, 0.2) is 42.5 Å². The van der Waals surface area contributed by atoms with Gasteiger partial charge in [0, 0.05) is 26.2 Å². The van der Waals surface area contributed by atoms with Crippen LogP contribution in [0.5, 0.6) is 5.75 Å². The number of carbonyl (C=O) groups is 3. The third-order valence-electron chi connectivity index (χ3n) is 8.36. The van der Waals surface area contributed by atoms with Gasteiger partial charge < -0.3 is 14.5 Å². The molecule has 2 heterocycles. The van der Waals surface area contributed by atoms with Gasteiger partial charge in [-0.2, -0.15) is 0 Å². The highest BCUT2D eigenvalue weighted by Gasteiger charge is 2.61. The molecule has 6 rings (SSSR count). The minimum absolute atomic E-state index is 0.113. The smallest absolute Gasteiger partial charge is 0.255 e. The topological polar surface area (TPSA) is 70.2 Å². The molecule has 0 aromatic heterocycles. The third kappa shape index (κ3) is 3.51. The molecule has 35 heavy (non-hydrogen) atoms. The van der Waals surface area contributed by atoms with E-state index < -0.39 is 0 Å². The molecule has 2 saturated carbocycles. The summed E-state index contributed by atoms with van der Waals surface area (Å²) in [5.41, 5.74) is 1.79. The molecule has 0 spiro atoms. The van der Waals surface area contributed by atoms with Gasteiger partial charge in [0.05, 0.1) is 40.9 Å². The zero-order chi connectivity index (χ0) is 24.3. The second-order valence-corrected chi connectivity index (χ2v) is 10.4. The summed E-state index contributed by atoms with van der Waals surface area (Å²) in [6.07, 6.45) is 3.06. The van der Waals surface area contributed by atoms with Crippen molar-refractivity contribution in [1.29, 1.82) is 0 Å². The van der Waals surface area contributed by atoms with Crippen molar-refractivity contribution < 1.29 is 19.1 Å². The van der Waals surface area contributed by atoms with Gasteiger partial charge in [-0.15, -0.1) is 0 Å². The standard InChI is InChI=1S/C27H28ClN3O4/c1-35-22-5-3-2-4-21(22)29-10-12-30(13-11-29)25(32)19-15-18(8-9-20(19)28)31-26(33)23-16-6-7-17(14-16)24(23)27(31)34/h2-5,8-9,15-17,23-24H,6-7,10-14H2,1H3/t16-,17-,23-,24+/m0/s1. The predicted octanol–water partition coefficient (Wildman–Crippen LogP) is 3.85. The summed E-state index contributed by atoms with van der Waals surface area (Å²) < 4.78 is 5.48. The number of rotatable bonds is 4. The number of imide groups is 1. The number of fused-ring (bicyclic) bond motifs is 5. The second kappa shape index (κ2) is 8.55. The molecule has 8 heteroatoms. The summed E-state index contributed by atoms with van der Waals surface area (Å²) in [6, 6.07) is 12.8. The highest BCUT2D eigenvalue weighted by atomic mass is 35.5. The number of benzene rings is 2. The van der Waals surface area contributed by atoms with E-state index in [1.54, 1.807) is 30.2 Å². The van der Waals surface area contributed by atoms with Crippen LogP contribution in [-0.4, -0.2) is 55.9 Å². The maximum atomic E-state index is 13.4. The van der Waals surface area contributed by atoms with Gasteiger partial charge in [-0.25, -0.2) is 0 Å². The van der Waals surface area contributed by atoms with Crippen LogP contribution in [0.4, 0.5) is 11.4 Å². The van der Waals surface area contributed by atoms with Gasteiger partial charge in [0.25, 0.3) is 5.91 Å². The number of carbonyl (C=O) groups excluding carboxylic acids is 3. The Bertz CT molecular complexity index is 1180. The molecule has 0 unspecified atom stereocenters. The van der Waals surface area contributed by atoms with Gasteiger partial charge in [0.1, 0.15) is 5.75 Å². The Labute approximate surface area is 209 Å². The normalized spacial score (nSPS) is 27.5. The van der Waals surface area contributed by atoms with Crippen LogP contribution in [0.25, 0.3) is 0 Å². The lowest BCUT2D eigenvalue weighted by molar-refractivity contribution is -0.123. The van der Waals surface area contributed by atoms with E-state index in [0.29, 0.717) is 54.3 Å². The molecule has 2 saturated heterocycles. The first kappa shape index (κ1) is 22.4. The Morgan fingerprint density at radius 2 is 1.60 bits per heavy atom. The van der Waals surface area contributed by atoms with Crippen molar-refractivity contribution in [3.8, 4) is 5.75 Å². The van der Waals surface area contributed by atoms with Gasteiger partial charge >= 0.3 is 0 Å². The molecule has 2 aliphatic heterocycles. The molecule has 4 aliphatic rings. The summed E-state index contributed by atoms with van der Waals surface area (Å²) in [6.45, 7) is 2.40. The Hall–Kier alpha value is -3.06. The fourth-order valence-electron chi connectivity index (χ4n) is 6.69. The summed E-state index contributed by atoms with van der Waals surface area (Å²) in [5.74, 6) is 0.644. The van der Waals surface area contributed by atoms with Crippen LogP contribution in [0.2, 0.25) is 5.02 Å². The maximum absolute atomic E-state index is 13.4. The van der Waals surface area contributed by atoms with Crippen LogP contribution in [0.3, 0.4) is 0 Å². The first-order valence-corrected chi connectivity index (χ1v) is 12.7. The van der Waals surface area contributed by atoms with E-state index in [0.717, 1.165) is 30.7 Å². The van der Waals surface area contributed by atoms with E-state index in [-0.39, 0.29) is 29.6 Å². The van der Waals surface area contributed by atoms with Crippen LogP contribution in [-0.2, 0) is 9.59 Å². The quantitative estimate of drug-likeness (QED) is 0.605. The second-order valence-electron chi connectivity index (χ2n) is 10.0.